The molecule has 0 spiro atoms. The van der Waals surface area contributed by atoms with E-state index in [1.807, 2.05) is 0 Å². The summed E-state index contributed by atoms with van der Waals surface area (Å²) < 4.78 is 11.2. The number of nitrogens with one attached hydrogen (secondary N) is 5. The third-order valence-corrected chi connectivity index (χ3v) is 5.92. The van der Waals surface area contributed by atoms with Crippen LogP contribution in [0, 0.1) is 0 Å². The first kappa shape index (κ1) is 22.8. The molecule has 5 rings (SSSR count). The molecule has 184 valence electrons. The van der Waals surface area contributed by atoms with Crippen molar-refractivity contribution in [3.63, 3.8) is 0 Å². The Bertz CT molecular complexity index is 995. The van der Waals surface area contributed by atoms with E-state index in [2.05, 4.69) is 36.2 Å². The number of amides is 1. The number of hydrogen-bond acceptors (Lipinski definition) is 10. The second kappa shape index (κ2) is 9.69. The van der Waals surface area contributed by atoms with E-state index in [-0.39, 0.29) is 24.8 Å². The number of aliphatic hydroxyl groups excluding tert-OH is 3. The molecule has 14 nitrogen and oxygen atoms in total. The van der Waals surface area contributed by atoms with Gasteiger partial charge in [0.1, 0.15) is 24.7 Å². The number of carbonyl (C=O) groups excluding carboxylic acids is 1. The molecule has 0 aliphatic carbocycles. The summed E-state index contributed by atoms with van der Waals surface area (Å²) in [6.07, 6.45) is 3.44. The number of epoxide rings is 1. The first-order chi connectivity index (χ1) is 16.5. The molecule has 1 aromatic rings. The molecular formula is C20H28N8O6. The van der Waals surface area contributed by atoms with Crippen molar-refractivity contribution in [1.29, 1.82) is 0 Å². The molecule has 0 radical (unpaired) electrons. The maximum Gasteiger partial charge on any atom is 0.244 e. The van der Waals surface area contributed by atoms with E-state index in [1.165, 1.54) is 12.2 Å². The quantitative estimate of drug-likeness (QED) is 0.117. The first-order valence-corrected chi connectivity index (χ1v) is 11.1. The van der Waals surface area contributed by atoms with Gasteiger partial charge in [-0.1, -0.05) is 0 Å². The largest absolute Gasteiger partial charge is 0.394 e. The summed E-state index contributed by atoms with van der Waals surface area (Å²) in [7, 11) is 0. The molecule has 5 heterocycles. The number of aliphatic imine (C=N–C) groups is 1. The van der Waals surface area contributed by atoms with Crippen LogP contribution in [0.5, 0.6) is 0 Å². The van der Waals surface area contributed by atoms with Crippen LogP contribution in [0.2, 0.25) is 0 Å². The average molecular weight is 476 g/mol. The highest BCUT2D eigenvalue weighted by Crippen LogP contribution is 2.40. The number of aromatic amines is 1. The molecule has 6 atom stereocenters. The summed E-state index contributed by atoms with van der Waals surface area (Å²) in [6, 6.07) is 0. The topological polar surface area (TPSA) is 192 Å². The number of nitrogens with zero attached hydrogens (tertiary/aromatic N) is 3. The summed E-state index contributed by atoms with van der Waals surface area (Å²) in [6.45, 7) is 0.671. The highest BCUT2D eigenvalue weighted by molar-refractivity contribution is 5.94. The summed E-state index contributed by atoms with van der Waals surface area (Å²) >= 11 is 0. The monoisotopic (exact) mass is 476 g/mol. The van der Waals surface area contributed by atoms with Crippen LogP contribution in [0.4, 0.5) is 5.82 Å². The lowest BCUT2D eigenvalue weighted by molar-refractivity contribution is -0.116. The van der Waals surface area contributed by atoms with Gasteiger partial charge in [-0.3, -0.25) is 15.1 Å². The van der Waals surface area contributed by atoms with Gasteiger partial charge in [-0.25, -0.2) is 4.98 Å². The molecule has 8 N–H and O–H groups in total. The van der Waals surface area contributed by atoms with Crippen molar-refractivity contribution < 1.29 is 29.6 Å². The highest BCUT2D eigenvalue weighted by Gasteiger charge is 2.46. The molecule has 0 saturated carbocycles. The molecule has 0 bridgehead atoms. The smallest absolute Gasteiger partial charge is 0.244 e. The Kier molecular flexibility index (Phi) is 6.49. The van der Waals surface area contributed by atoms with Gasteiger partial charge in [-0.2, -0.15) is 0 Å². The van der Waals surface area contributed by atoms with Gasteiger partial charge < -0.3 is 50.6 Å². The predicted octanol–water partition coefficient (Wildman–Crippen LogP) is -2.62. The Balaban J connectivity index is 1.10. The summed E-state index contributed by atoms with van der Waals surface area (Å²) in [4.78, 5) is 25.6. The molecule has 1 aromatic heterocycles. The number of aromatic nitrogens is 2. The fraction of sp³-hybridized carbons (Fsp3) is 0.550. The number of guanidine groups is 1. The minimum atomic E-state index is -0.945. The number of imidazole rings is 1. The minimum absolute atomic E-state index is 0.0706. The predicted molar refractivity (Wildman–Crippen MR) is 118 cm³/mol. The average Bonchev–Trinajstić information content (AvgIpc) is 3.29. The van der Waals surface area contributed by atoms with E-state index >= 15 is 0 Å². The second-order valence-electron chi connectivity index (χ2n) is 8.29. The van der Waals surface area contributed by atoms with Crippen molar-refractivity contribution in [2.45, 2.75) is 43.4 Å². The molecule has 14 heteroatoms. The molecule has 1 amide bonds. The number of hydrogen-bond donors (Lipinski definition) is 8. The van der Waals surface area contributed by atoms with Gasteiger partial charge in [0.25, 0.3) is 0 Å². The molecule has 34 heavy (non-hydrogen) atoms. The van der Waals surface area contributed by atoms with Crippen LogP contribution in [-0.4, -0.2) is 99.3 Å². The molecule has 2 saturated heterocycles. The van der Waals surface area contributed by atoms with E-state index < -0.39 is 24.7 Å². The lowest BCUT2D eigenvalue weighted by Crippen LogP contribution is -2.47. The Labute approximate surface area is 194 Å². The van der Waals surface area contributed by atoms with Crippen molar-refractivity contribution in [2.24, 2.45) is 4.99 Å². The van der Waals surface area contributed by atoms with Crippen molar-refractivity contribution >= 4 is 17.7 Å². The lowest BCUT2D eigenvalue weighted by Gasteiger charge is -2.33. The maximum absolute atomic E-state index is 12.2. The van der Waals surface area contributed by atoms with Crippen LogP contribution in [0.15, 0.2) is 35.2 Å². The number of rotatable bonds is 7. The van der Waals surface area contributed by atoms with Crippen LogP contribution in [0.25, 0.3) is 0 Å². The molecule has 2 fully saturated rings. The van der Waals surface area contributed by atoms with Gasteiger partial charge in [0.2, 0.25) is 5.91 Å². The summed E-state index contributed by atoms with van der Waals surface area (Å²) in [5, 5.41) is 41.2. The van der Waals surface area contributed by atoms with Crippen molar-refractivity contribution in [2.75, 3.05) is 31.7 Å². The maximum atomic E-state index is 12.2. The van der Waals surface area contributed by atoms with Gasteiger partial charge in [0.15, 0.2) is 18.0 Å². The van der Waals surface area contributed by atoms with Gasteiger partial charge in [-0.15, -0.1) is 0 Å². The summed E-state index contributed by atoms with van der Waals surface area (Å²) in [5.74, 6) is 0.849. The zero-order valence-corrected chi connectivity index (χ0v) is 18.2. The van der Waals surface area contributed by atoms with Gasteiger partial charge in [-0.05, 0) is 6.08 Å². The Morgan fingerprint density at radius 3 is 3.09 bits per heavy atom. The second-order valence-corrected chi connectivity index (χ2v) is 8.29. The van der Waals surface area contributed by atoms with Gasteiger partial charge >= 0.3 is 0 Å². The number of ether oxygens (including phenoxy) is 2. The van der Waals surface area contributed by atoms with E-state index in [1.54, 1.807) is 17.4 Å². The number of fused-ring (bicyclic) bond motifs is 3. The van der Waals surface area contributed by atoms with Crippen molar-refractivity contribution in [3.8, 4) is 0 Å². The standard InChI is InChI=1S/C20H28N8O6/c29-7-12-11(30)5-14(33-12)28-6-10(18(32)25-9-28)1-2-13(31)21-3-4-22-20-26-17-15(23-8-24-17)16-19(27-20)34-16/h1-2,6,8,11-12,14,16,18-19,25,29-30,32H,3-5,7,9H2,(H,21,31)(H,23,24)(H2,22,26,27)/b2-1+/t11?,12-,14-,16?,18?,19?/m1/s1. The van der Waals surface area contributed by atoms with Crippen molar-refractivity contribution in [1.82, 2.24) is 30.8 Å². The molecule has 4 unspecified atom stereocenters. The molecule has 4 aliphatic rings. The normalized spacial score (nSPS) is 33.6. The zero-order valence-electron chi connectivity index (χ0n) is 18.2. The van der Waals surface area contributed by atoms with Crippen LogP contribution < -0.4 is 21.3 Å². The fourth-order valence-electron chi connectivity index (χ4n) is 4.03. The van der Waals surface area contributed by atoms with Crippen LogP contribution in [0.1, 0.15) is 18.2 Å². The third kappa shape index (κ3) is 4.91. The number of anilines is 1. The number of aliphatic hydroxyl groups is 3. The SMILES string of the molecule is O=C(/C=C/C1=CN([C@H]2CC(O)[C@@H](CO)O2)CNC1O)NCCN=C1Nc2nc[nH]c2C2OC2N1. The van der Waals surface area contributed by atoms with Gasteiger partial charge in [0, 0.05) is 30.8 Å². The number of carbonyl (C=O) groups is 1. The third-order valence-electron chi connectivity index (χ3n) is 5.92. The van der Waals surface area contributed by atoms with E-state index in [4.69, 9.17) is 9.47 Å². The van der Waals surface area contributed by atoms with Crippen LogP contribution in [-0.2, 0) is 14.3 Å². The fourth-order valence-corrected chi connectivity index (χ4v) is 4.03. The van der Waals surface area contributed by atoms with Crippen LogP contribution in [0.3, 0.4) is 0 Å². The van der Waals surface area contributed by atoms with Crippen molar-refractivity contribution in [3.05, 3.63) is 35.9 Å². The Morgan fingerprint density at radius 2 is 2.26 bits per heavy atom. The highest BCUT2D eigenvalue weighted by atomic mass is 16.6. The molecule has 4 aliphatic heterocycles. The van der Waals surface area contributed by atoms with E-state index in [9.17, 15) is 20.1 Å². The Morgan fingerprint density at radius 1 is 1.38 bits per heavy atom. The lowest BCUT2D eigenvalue weighted by atomic mass is 10.1. The minimum Gasteiger partial charge on any atom is -0.394 e. The van der Waals surface area contributed by atoms with E-state index in [0.29, 0.717) is 43.5 Å². The van der Waals surface area contributed by atoms with E-state index in [0.717, 1.165) is 5.69 Å². The summed E-state index contributed by atoms with van der Waals surface area (Å²) in [5.41, 5.74) is 1.34. The molecule has 0 aromatic carbocycles. The van der Waals surface area contributed by atoms with Gasteiger partial charge in [0.05, 0.1) is 37.9 Å². The molecular weight excluding hydrogens is 448 g/mol. The number of H-pyrrole nitrogens is 1. The zero-order chi connectivity index (χ0) is 23.7. The Hall–Kier alpha value is -3.01. The first-order valence-electron chi connectivity index (χ1n) is 11.1. The van der Waals surface area contributed by atoms with Crippen LogP contribution >= 0.6 is 0 Å².